The van der Waals surface area contributed by atoms with Crippen LogP contribution < -0.4 is 20.1 Å². The minimum atomic E-state index is -0.230. The van der Waals surface area contributed by atoms with E-state index < -0.39 is 0 Å². The number of anilines is 2. The Bertz CT molecular complexity index is 890. The topological polar surface area (TPSA) is 79.9 Å². The molecule has 1 saturated heterocycles. The van der Waals surface area contributed by atoms with Gasteiger partial charge in [-0.25, -0.2) is 4.79 Å². The fourth-order valence-corrected chi connectivity index (χ4v) is 3.62. The van der Waals surface area contributed by atoms with E-state index in [1.54, 1.807) is 42.5 Å². The number of carbonyl (C=O) groups excluding carboxylic acids is 2. The molecule has 0 radical (unpaired) electrons. The second-order valence-corrected chi connectivity index (χ2v) is 7.57. The molecule has 0 atom stereocenters. The average molecular weight is 409 g/mol. The molecule has 2 aromatic carbocycles. The van der Waals surface area contributed by atoms with E-state index in [4.69, 9.17) is 9.47 Å². The van der Waals surface area contributed by atoms with Gasteiger partial charge in [-0.3, -0.25) is 4.79 Å². The molecule has 2 aliphatic rings. The van der Waals surface area contributed by atoms with Crippen molar-refractivity contribution in [2.75, 3.05) is 36.9 Å². The molecule has 7 nitrogen and oxygen atoms in total. The molecule has 30 heavy (non-hydrogen) atoms. The zero-order chi connectivity index (χ0) is 20.8. The van der Waals surface area contributed by atoms with Gasteiger partial charge in [0.15, 0.2) is 11.5 Å². The van der Waals surface area contributed by atoms with Crippen LogP contribution in [0.5, 0.6) is 11.5 Å². The Morgan fingerprint density at radius 2 is 1.37 bits per heavy atom. The molecule has 3 amide bonds. The second kappa shape index (κ2) is 9.52. The van der Waals surface area contributed by atoms with Gasteiger partial charge < -0.3 is 25.0 Å². The molecular weight excluding hydrogens is 382 g/mol. The molecule has 2 N–H and O–H groups in total. The molecule has 0 bridgehead atoms. The Balaban J connectivity index is 1.35. The number of amides is 3. The minimum absolute atomic E-state index is 0.0686. The van der Waals surface area contributed by atoms with Crippen molar-refractivity contribution in [3.05, 3.63) is 48.0 Å². The molecule has 0 unspecified atom stereocenters. The van der Waals surface area contributed by atoms with Crippen LogP contribution >= 0.6 is 0 Å². The molecule has 0 aromatic heterocycles. The van der Waals surface area contributed by atoms with E-state index in [2.05, 4.69) is 10.6 Å². The van der Waals surface area contributed by atoms with Crippen LogP contribution in [0.3, 0.4) is 0 Å². The van der Waals surface area contributed by atoms with Gasteiger partial charge in [-0.15, -0.1) is 0 Å². The first kappa shape index (κ1) is 20.1. The lowest BCUT2D eigenvalue weighted by molar-refractivity contribution is 0.102. The Hall–Kier alpha value is -3.22. The monoisotopic (exact) mass is 409 g/mol. The smallest absolute Gasteiger partial charge is 0.321 e. The van der Waals surface area contributed by atoms with Crippen molar-refractivity contribution >= 4 is 23.3 Å². The normalized spacial score (nSPS) is 16.2. The lowest BCUT2D eigenvalue weighted by Crippen LogP contribution is -2.35. The Morgan fingerprint density at radius 1 is 0.733 bits per heavy atom. The van der Waals surface area contributed by atoms with Crippen LogP contribution in [0.4, 0.5) is 16.2 Å². The molecule has 4 rings (SSSR count). The summed E-state index contributed by atoms with van der Waals surface area (Å²) in [5, 5.41) is 5.81. The predicted molar refractivity (Wildman–Crippen MR) is 116 cm³/mol. The number of likely N-dealkylation sites (tertiary alicyclic amines) is 1. The first-order valence-electron chi connectivity index (χ1n) is 10.6. The van der Waals surface area contributed by atoms with Crippen molar-refractivity contribution in [3.8, 4) is 11.5 Å². The number of benzene rings is 2. The van der Waals surface area contributed by atoms with Gasteiger partial charge in [0.25, 0.3) is 5.91 Å². The third-order valence-corrected chi connectivity index (χ3v) is 5.30. The van der Waals surface area contributed by atoms with E-state index in [-0.39, 0.29) is 11.9 Å². The highest BCUT2D eigenvalue weighted by Gasteiger charge is 2.16. The number of fused-ring (bicyclic) bond motifs is 1. The maximum atomic E-state index is 12.6. The van der Waals surface area contributed by atoms with Crippen LogP contribution in [0, 0.1) is 0 Å². The second-order valence-electron chi connectivity index (χ2n) is 7.57. The summed E-state index contributed by atoms with van der Waals surface area (Å²) in [5.74, 6) is 1.02. The van der Waals surface area contributed by atoms with Crippen molar-refractivity contribution in [1.29, 1.82) is 0 Å². The number of hydrogen-bond donors (Lipinski definition) is 2. The largest absolute Gasteiger partial charge is 0.490 e. The fourth-order valence-electron chi connectivity index (χ4n) is 3.62. The van der Waals surface area contributed by atoms with Crippen LogP contribution in [0.15, 0.2) is 42.5 Å². The van der Waals surface area contributed by atoms with E-state index >= 15 is 0 Å². The van der Waals surface area contributed by atoms with Crippen LogP contribution in [-0.2, 0) is 0 Å². The van der Waals surface area contributed by atoms with E-state index in [9.17, 15) is 9.59 Å². The number of rotatable bonds is 3. The molecule has 0 spiro atoms. The maximum absolute atomic E-state index is 12.6. The van der Waals surface area contributed by atoms with Gasteiger partial charge in [0.1, 0.15) is 0 Å². The van der Waals surface area contributed by atoms with E-state index in [1.165, 1.54) is 12.8 Å². The standard InChI is InChI=1S/C23H27N3O4/c27-22(17-6-11-20-21(16-17)30-15-5-14-29-20)24-18-7-9-19(10-8-18)25-23(28)26-12-3-1-2-4-13-26/h6-11,16H,1-5,12-15H2,(H,24,27)(H,25,28). The zero-order valence-electron chi connectivity index (χ0n) is 17.0. The summed E-state index contributed by atoms with van der Waals surface area (Å²) in [6.07, 6.45) is 5.29. The maximum Gasteiger partial charge on any atom is 0.321 e. The van der Waals surface area contributed by atoms with Gasteiger partial charge in [0, 0.05) is 36.4 Å². The molecular formula is C23H27N3O4. The van der Waals surface area contributed by atoms with Crippen LogP contribution in [0.25, 0.3) is 0 Å². The molecule has 158 valence electrons. The van der Waals surface area contributed by atoms with Gasteiger partial charge in [-0.2, -0.15) is 0 Å². The van der Waals surface area contributed by atoms with Crippen molar-refractivity contribution < 1.29 is 19.1 Å². The zero-order valence-corrected chi connectivity index (χ0v) is 17.0. The van der Waals surface area contributed by atoms with Gasteiger partial charge in [0.05, 0.1) is 13.2 Å². The lowest BCUT2D eigenvalue weighted by Gasteiger charge is -2.20. The van der Waals surface area contributed by atoms with Crippen molar-refractivity contribution in [2.45, 2.75) is 32.1 Å². The molecule has 0 saturated carbocycles. The summed E-state index contributed by atoms with van der Waals surface area (Å²) in [6, 6.07) is 12.2. The average Bonchev–Trinajstić information content (AvgIpc) is 3.17. The van der Waals surface area contributed by atoms with E-state index in [0.717, 1.165) is 32.4 Å². The van der Waals surface area contributed by atoms with Crippen molar-refractivity contribution in [2.24, 2.45) is 0 Å². The third kappa shape index (κ3) is 5.03. The highest BCUT2D eigenvalue weighted by atomic mass is 16.5. The van der Waals surface area contributed by atoms with Crippen molar-refractivity contribution in [3.63, 3.8) is 0 Å². The number of nitrogens with one attached hydrogen (secondary N) is 2. The molecule has 2 aromatic rings. The van der Waals surface area contributed by atoms with Gasteiger partial charge in [-0.05, 0) is 55.3 Å². The van der Waals surface area contributed by atoms with Crippen LogP contribution in [-0.4, -0.2) is 43.1 Å². The van der Waals surface area contributed by atoms with Crippen LogP contribution in [0.2, 0.25) is 0 Å². The Kier molecular flexibility index (Phi) is 6.37. The minimum Gasteiger partial charge on any atom is -0.490 e. The predicted octanol–water partition coefficient (Wildman–Crippen LogP) is 4.51. The number of ether oxygens (including phenoxy) is 2. The third-order valence-electron chi connectivity index (χ3n) is 5.30. The number of urea groups is 1. The van der Waals surface area contributed by atoms with Gasteiger partial charge in [0.2, 0.25) is 0 Å². The Morgan fingerprint density at radius 3 is 2.07 bits per heavy atom. The van der Waals surface area contributed by atoms with E-state index in [0.29, 0.717) is 41.7 Å². The molecule has 2 aliphatic heterocycles. The summed E-state index contributed by atoms with van der Waals surface area (Å²) in [5.41, 5.74) is 1.86. The summed E-state index contributed by atoms with van der Waals surface area (Å²) in [4.78, 5) is 26.9. The SMILES string of the molecule is O=C(Nc1ccc(NC(=O)N2CCCCCC2)cc1)c1ccc2c(c1)OCCCO2. The highest BCUT2D eigenvalue weighted by Crippen LogP contribution is 2.30. The quantitative estimate of drug-likeness (QED) is 0.782. The van der Waals surface area contributed by atoms with Crippen molar-refractivity contribution in [1.82, 2.24) is 4.90 Å². The first-order valence-corrected chi connectivity index (χ1v) is 10.6. The number of carbonyl (C=O) groups is 2. The summed E-state index contributed by atoms with van der Waals surface area (Å²) in [7, 11) is 0. The summed E-state index contributed by atoms with van der Waals surface area (Å²) < 4.78 is 11.3. The first-order chi connectivity index (χ1) is 14.7. The lowest BCUT2D eigenvalue weighted by atomic mass is 10.1. The van der Waals surface area contributed by atoms with Gasteiger partial charge in [-0.1, -0.05) is 12.8 Å². The van der Waals surface area contributed by atoms with Crippen LogP contribution in [0.1, 0.15) is 42.5 Å². The molecule has 2 heterocycles. The Labute approximate surface area is 176 Å². The number of nitrogens with zero attached hydrogens (tertiary/aromatic N) is 1. The number of hydrogen-bond acceptors (Lipinski definition) is 4. The summed E-state index contributed by atoms with van der Waals surface area (Å²) >= 11 is 0. The molecule has 0 aliphatic carbocycles. The summed E-state index contributed by atoms with van der Waals surface area (Å²) in [6.45, 7) is 2.78. The van der Waals surface area contributed by atoms with E-state index in [1.807, 2.05) is 4.90 Å². The molecule has 7 heteroatoms. The fraction of sp³-hybridized carbons (Fsp3) is 0.391. The highest BCUT2D eigenvalue weighted by molar-refractivity contribution is 6.04. The van der Waals surface area contributed by atoms with Gasteiger partial charge >= 0.3 is 6.03 Å². The molecule has 1 fully saturated rings.